The molecule has 0 unspecified atom stereocenters. The monoisotopic (exact) mass is 336 g/mol. The molecule has 25 heavy (non-hydrogen) atoms. The number of hydrogen-bond acceptors (Lipinski definition) is 3. The summed E-state index contributed by atoms with van der Waals surface area (Å²) in [6, 6.07) is 5.81. The number of rotatable bonds is 1. The Morgan fingerprint density at radius 3 is 2.84 bits per heavy atom. The summed E-state index contributed by atoms with van der Waals surface area (Å²) in [6.45, 7) is 5.45. The molecular formula is C20H20N2O3. The molecule has 1 aromatic carbocycles. The van der Waals surface area contributed by atoms with E-state index in [-0.39, 0.29) is 34.9 Å². The fourth-order valence-corrected chi connectivity index (χ4v) is 5.47. The second kappa shape index (κ2) is 4.34. The van der Waals surface area contributed by atoms with Gasteiger partial charge in [-0.15, -0.1) is 0 Å². The van der Waals surface area contributed by atoms with Gasteiger partial charge in [0.2, 0.25) is 0 Å². The van der Waals surface area contributed by atoms with E-state index in [1.54, 1.807) is 4.90 Å². The first-order valence-corrected chi connectivity index (χ1v) is 8.70. The molecule has 5 rings (SSSR count). The zero-order valence-electron chi connectivity index (χ0n) is 14.5. The van der Waals surface area contributed by atoms with Gasteiger partial charge in [0.1, 0.15) is 11.3 Å². The van der Waals surface area contributed by atoms with Gasteiger partial charge in [-0.05, 0) is 50.3 Å². The Morgan fingerprint density at radius 1 is 1.36 bits per heavy atom. The van der Waals surface area contributed by atoms with E-state index in [9.17, 15) is 14.7 Å². The van der Waals surface area contributed by atoms with Crippen molar-refractivity contribution < 1.29 is 14.7 Å². The van der Waals surface area contributed by atoms with Crippen molar-refractivity contribution >= 4 is 22.6 Å². The van der Waals surface area contributed by atoms with Crippen LogP contribution in [0.3, 0.4) is 0 Å². The van der Waals surface area contributed by atoms with Gasteiger partial charge in [-0.3, -0.25) is 9.59 Å². The third-order valence-electron chi connectivity index (χ3n) is 6.52. The molecule has 0 bridgehead atoms. The molecule has 1 aliphatic carbocycles. The average molecular weight is 336 g/mol. The maximum Gasteiger partial charge on any atom is 0.262 e. The lowest BCUT2D eigenvalue weighted by Crippen LogP contribution is -2.47. The Balaban J connectivity index is 1.78. The molecule has 2 aliphatic heterocycles. The number of H-pyrrole nitrogens is 1. The van der Waals surface area contributed by atoms with E-state index in [1.807, 2.05) is 6.20 Å². The highest BCUT2D eigenvalue weighted by atomic mass is 16.3. The Bertz CT molecular complexity index is 998. The molecular weight excluding hydrogens is 316 g/mol. The van der Waals surface area contributed by atoms with Gasteiger partial charge in [0.25, 0.3) is 5.91 Å². The smallest absolute Gasteiger partial charge is 0.262 e. The number of carbonyl (C=O) groups excluding carboxylic acids is 2. The van der Waals surface area contributed by atoms with Crippen LogP contribution in [-0.2, 0) is 16.0 Å². The SMILES string of the molecule is CC(=O)C1=C(O)[C@@H]2[C@H]3c4c[nH]c5cccc(c45)C[C@@H]3C(C)(C)N2C1=O. The van der Waals surface area contributed by atoms with Crippen LogP contribution in [0.1, 0.15) is 37.8 Å². The molecule has 3 heterocycles. The van der Waals surface area contributed by atoms with Gasteiger partial charge in [-0.2, -0.15) is 0 Å². The van der Waals surface area contributed by atoms with E-state index in [4.69, 9.17) is 0 Å². The molecule has 2 aromatic rings. The van der Waals surface area contributed by atoms with Gasteiger partial charge >= 0.3 is 0 Å². The van der Waals surface area contributed by atoms with Gasteiger partial charge in [0, 0.05) is 28.6 Å². The lowest BCUT2D eigenvalue weighted by molar-refractivity contribution is -0.132. The molecule has 1 amide bonds. The highest BCUT2D eigenvalue weighted by Gasteiger charge is 2.63. The Kier molecular flexibility index (Phi) is 2.56. The fraction of sp³-hybridized carbons (Fsp3) is 0.400. The van der Waals surface area contributed by atoms with Crippen LogP contribution in [0.2, 0.25) is 0 Å². The molecule has 5 nitrogen and oxygen atoms in total. The van der Waals surface area contributed by atoms with Crippen molar-refractivity contribution in [2.45, 2.75) is 44.7 Å². The third kappa shape index (κ3) is 1.54. The number of nitrogens with zero attached hydrogens (tertiary/aromatic N) is 1. The number of aliphatic hydroxyl groups is 1. The Hall–Kier alpha value is -2.56. The van der Waals surface area contributed by atoms with Crippen molar-refractivity contribution in [1.82, 2.24) is 9.88 Å². The first-order chi connectivity index (χ1) is 11.8. The van der Waals surface area contributed by atoms with Gasteiger partial charge in [-0.1, -0.05) is 12.1 Å². The molecule has 0 saturated carbocycles. The summed E-state index contributed by atoms with van der Waals surface area (Å²) >= 11 is 0. The molecule has 3 atom stereocenters. The maximum atomic E-state index is 12.9. The minimum absolute atomic E-state index is 0.000509. The number of aromatic nitrogens is 1. The largest absolute Gasteiger partial charge is 0.509 e. The predicted octanol–water partition coefficient (Wildman–Crippen LogP) is 2.83. The van der Waals surface area contributed by atoms with E-state index in [0.29, 0.717) is 0 Å². The second-order valence-electron chi connectivity index (χ2n) is 8.01. The number of amides is 1. The van der Waals surface area contributed by atoms with Crippen LogP contribution < -0.4 is 0 Å². The Morgan fingerprint density at radius 2 is 2.12 bits per heavy atom. The van der Waals surface area contributed by atoms with Crippen molar-refractivity contribution in [3.8, 4) is 0 Å². The number of hydrogen-bond donors (Lipinski definition) is 2. The number of nitrogens with one attached hydrogen (secondary N) is 1. The van der Waals surface area contributed by atoms with E-state index in [1.165, 1.54) is 17.9 Å². The van der Waals surface area contributed by atoms with Crippen molar-refractivity contribution in [2.24, 2.45) is 5.92 Å². The molecule has 3 aliphatic rings. The predicted molar refractivity (Wildman–Crippen MR) is 93.3 cm³/mol. The van der Waals surface area contributed by atoms with Crippen molar-refractivity contribution in [3.63, 3.8) is 0 Å². The lowest BCUT2D eigenvalue weighted by atomic mass is 9.69. The van der Waals surface area contributed by atoms with Crippen LogP contribution in [0.15, 0.2) is 35.7 Å². The van der Waals surface area contributed by atoms with Crippen LogP contribution >= 0.6 is 0 Å². The highest BCUT2D eigenvalue weighted by Crippen LogP contribution is 2.58. The van der Waals surface area contributed by atoms with Crippen molar-refractivity contribution in [2.75, 3.05) is 0 Å². The van der Waals surface area contributed by atoms with Crippen LogP contribution in [0.4, 0.5) is 0 Å². The number of fused-ring (bicyclic) bond motifs is 4. The summed E-state index contributed by atoms with van der Waals surface area (Å²) in [6.07, 6.45) is 2.87. The molecule has 5 heteroatoms. The van der Waals surface area contributed by atoms with Gasteiger partial charge < -0.3 is 15.0 Å². The zero-order chi connectivity index (χ0) is 17.7. The average Bonchev–Trinajstić information content (AvgIpc) is 3.14. The second-order valence-corrected chi connectivity index (χ2v) is 8.01. The molecule has 128 valence electrons. The number of ketones is 1. The number of aliphatic hydroxyl groups excluding tert-OH is 1. The minimum Gasteiger partial charge on any atom is -0.509 e. The standard InChI is InChI=1S/C20H20N2O3/c1-9(23)14-18(24)17-16-11-8-21-13-6-4-5-10(15(11)13)7-12(16)20(2,3)22(17)19(14)25/h4-6,8,12,16-17,21,24H,7H2,1-3H3/t12-,16-,17-/m0/s1. The molecule has 0 radical (unpaired) electrons. The van der Waals surface area contributed by atoms with Gasteiger partial charge in [-0.25, -0.2) is 0 Å². The molecule has 1 aromatic heterocycles. The third-order valence-corrected chi connectivity index (χ3v) is 6.52. The van der Waals surface area contributed by atoms with Crippen LogP contribution in [0.5, 0.6) is 0 Å². The quantitative estimate of drug-likeness (QED) is 0.787. The van der Waals surface area contributed by atoms with Crippen LogP contribution in [0.25, 0.3) is 10.9 Å². The first kappa shape index (κ1) is 14.8. The van der Waals surface area contributed by atoms with E-state index in [0.717, 1.165) is 17.5 Å². The summed E-state index contributed by atoms with van der Waals surface area (Å²) in [4.78, 5) is 29.9. The summed E-state index contributed by atoms with van der Waals surface area (Å²) in [5.41, 5.74) is 3.04. The normalized spacial score (nSPS) is 29.3. The number of benzene rings is 1. The van der Waals surface area contributed by atoms with Crippen molar-refractivity contribution in [1.29, 1.82) is 0 Å². The zero-order valence-corrected chi connectivity index (χ0v) is 14.5. The van der Waals surface area contributed by atoms with Gasteiger partial charge in [0.05, 0.1) is 6.04 Å². The van der Waals surface area contributed by atoms with Crippen LogP contribution in [0, 0.1) is 5.92 Å². The highest BCUT2D eigenvalue weighted by molar-refractivity contribution is 6.21. The lowest BCUT2D eigenvalue weighted by Gasteiger charge is -2.37. The molecule has 1 saturated heterocycles. The summed E-state index contributed by atoms with van der Waals surface area (Å²) in [5.74, 6) is -0.540. The van der Waals surface area contributed by atoms with Gasteiger partial charge in [0.15, 0.2) is 5.78 Å². The van der Waals surface area contributed by atoms with E-state index in [2.05, 4.69) is 37.0 Å². The summed E-state index contributed by atoms with van der Waals surface area (Å²) < 4.78 is 0. The van der Waals surface area contributed by atoms with E-state index < -0.39 is 11.6 Å². The van der Waals surface area contributed by atoms with Crippen LogP contribution in [-0.4, -0.2) is 38.3 Å². The topological polar surface area (TPSA) is 73.4 Å². The minimum atomic E-state index is -0.446. The Labute approximate surface area is 145 Å². The van der Waals surface area contributed by atoms with E-state index >= 15 is 0 Å². The summed E-state index contributed by atoms with van der Waals surface area (Å²) in [7, 11) is 0. The molecule has 1 fully saturated rings. The molecule has 2 N–H and O–H groups in total. The number of Topliss-reactive ketones (excluding diaryl/α,β-unsaturated/α-hetero) is 1. The maximum absolute atomic E-state index is 12.9. The number of aromatic amines is 1. The molecule has 0 spiro atoms. The fourth-order valence-electron chi connectivity index (χ4n) is 5.47. The first-order valence-electron chi connectivity index (χ1n) is 8.70. The number of carbonyl (C=O) groups is 2. The van der Waals surface area contributed by atoms with Crippen molar-refractivity contribution in [3.05, 3.63) is 46.9 Å². The summed E-state index contributed by atoms with van der Waals surface area (Å²) in [5, 5.41) is 12.0.